The molecule has 68 valence electrons. The van der Waals surface area contributed by atoms with Gasteiger partial charge in [-0.15, -0.1) is 5.92 Å². The van der Waals surface area contributed by atoms with Gasteiger partial charge in [0.1, 0.15) is 12.4 Å². The van der Waals surface area contributed by atoms with Gasteiger partial charge in [0.15, 0.2) is 0 Å². The first kappa shape index (κ1) is 11.2. The molecule has 2 heteroatoms. The van der Waals surface area contributed by atoms with Crippen molar-refractivity contribution in [1.82, 2.24) is 0 Å². The lowest BCUT2D eigenvalue weighted by Gasteiger charge is -1.93. The zero-order chi connectivity index (χ0) is 9.23. The first-order valence-electron chi connectivity index (χ1n) is 4.33. The Balaban J connectivity index is 3.06. The van der Waals surface area contributed by atoms with Crippen LogP contribution in [0.1, 0.15) is 39.0 Å². The third-order valence-electron chi connectivity index (χ3n) is 1.53. The highest BCUT2D eigenvalue weighted by molar-refractivity contribution is 5.75. The predicted octanol–water partition coefficient (Wildman–Crippen LogP) is 1.52. The standard InChI is InChI=1S/C10H16O2/c1-10(12)8-6-4-2-3-5-7-9-11/h11H,2-4,6,8-9H2,1H3. The first-order chi connectivity index (χ1) is 5.77. The van der Waals surface area contributed by atoms with Gasteiger partial charge in [-0.1, -0.05) is 12.3 Å². The summed E-state index contributed by atoms with van der Waals surface area (Å²) in [4.78, 5) is 10.5. The zero-order valence-corrected chi connectivity index (χ0v) is 7.60. The maximum absolute atomic E-state index is 10.5. The highest BCUT2D eigenvalue weighted by Crippen LogP contribution is 2.02. The van der Waals surface area contributed by atoms with Crippen molar-refractivity contribution < 1.29 is 9.90 Å². The van der Waals surface area contributed by atoms with E-state index in [9.17, 15) is 4.79 Å². The van der Waals surface area contributed by atoms with Gasteiger partial charge in [-0.05, 0) is 19.8 Å². The molecule has 0 unspecified atom stereocenters. The van der Waals surface area contributed by atoms with Crippen molar-refractivity contribution in [2.75, 3.05) is 6.61 Å². The summed E-state index contributed by atoms with van der Waals surface area (Å²) in [5, 5.41) is 8.32. The van der Waals surface area contributed by atoms with Crippen LogP contribution in [0, 0.1) is 11.8 Å². The molecule has 0 heterocycles. The van der Waals surface area contributed by atoms with E-state index >= 15 is 0 Å². The number of rotatable bonds is 5. The number of hydrogen-bond donors (Lipinski definition) is 1. The number of carbonyl (C=O) groups excluding carboxylic acids is 1. The SMILES string of the molecule is CC(=O)CCCCCC#CCO. The first-order valence-corrected chi connectivity index (χ1v) is 4.33. The quantitative estimate of drug-likeness (QED) is 0.499. The molecule has 0 spiro atoms. The number of Topliss-reactive ketones (excluding diaryl/α,β-unsaturated/α-hetero) is 1. The maximum atomic E-state index is 10.5. The van der Waals surface area contributed by atoms with Crippen molar-refractivity contribution in [3.63, 3.8) is 0 Å². The van der Waals surface area contributed by atoms with Crippen LogP contribution in [0.4, 0.5) is 0 Å². The largest absolute Gasteiger partial charge is 0.384 e. The fourth-order valence-electron chi connectivity index (χ4n) is 0.908. The average Bonchev–Trinajstić information content (AvgIpc) is 2.02. The van der Waals surface area contributed by atoms with E-state index < -0.39 is 0 Å². The molecule has 0 aromatic carbocycles. The highest BCUT2D eigenvalue weighted by atomic mass is 16.2. The van der Waals surface area contributed by atoms with Crippen LogP contribution in [-0.4, -0.2) is 17.5 Å². The number of ketones is 1. The molecule has 12 heavy (non-hydrogen) atoms. The third-order valence-corrected chi connectivity index (χ3v) is 1.53. The van der Waals surface area contributed by atoms with Crippen LogP contribution >= 0.6 is 0 Å². The topological polar surface area (TPSA) is 37.3 Å². The molecule has 0 aliphatic carbocycles. The van der Waals surface area contributed by atoms with Crippen molar-refractivity contribution in [2.24, 2.45) is 0 Å². The van der Waals surface area contributed by atoms with Crippen molar-refractivity contribution in [2.45, 2.75) is 39.0 Å². The van der Waals surface area contributed by atoms with E-state index in [1.165, 1.54) is 0 Å². The normalized spacial score (nSPS) is 8.83. The minimum absolute atomic E-state index is 0.0482. The van der Waals surface area contributed by atoms with Crippen LogP contribution in [0.15, 0.2) is 0 Å². The van der Waals surface area contributed by atoms with E-state index in [1.807, 2.05) is 0 Å². The zero-order valence-electron chi connectivity index (χ0n) is 7.60. The molecule has 1 N–H and O–H groups in total. The van der Waals surface area contributed by atoms with E-state index in [4.69, 9.17) is 5.11 Å². The molecule has 0 atom stereocenters. The lowest BCUT2D eigenvalue weighted by atomic mass is 10.1. The van der Waals surface area contributed by atoms with Crippen molar-refractivity contribution in [3.8, 4) is 11.8 Å². The predicted molar refractivity (Wildman–Crippen MR) is 48.6 cm³/mol. The van der Waals surface area contributed by atoms with Gasteiger partial charge >= 0.3 is 0 Å². The molecule has 0 bridgehead atoms. The van der Waals surface area contributed by atoms with Gasteiger partial charge in [-0.25, -0.2) is 0 Å². The van der Waals surface area contributed by atoms with Gasteiger partial charge in [0.2, 0.25) is 0 Å². The Hall–Kier alpha value is -0.810. The molecule has 0 aliphatic heterocycles. The molecule has 0 fully saturated rings. The third kappa shape index (κ3) is 9.19. The second-order valence-corrected chi connectivity index (χ2v) is 2.77. The van der Waals surface area contributed by atoms with E-state index in [0.717, 1.165) is 25.7 Å². The van der Waals surface area contributed by atoms with Gasteiger partial charge in [-0.2, -0.15) is 0 Å². The van der Waals surface area contributed by atoms with Gasteiger partial charge in [0, 0.05) is 12.8 Å². The monoisotopic (exact) mass is 168 g/mol. The Morgan fingerprint density at radius 3 is 2.58 bits per heavy atom. The Morgan fingerprint density at radius 2 is 2.00 bits per heavy atom. The molecule has 0 amide bonds. The Bertz CT molecular complexity index is 174. The number of carbonyl (C=O) groups is 1. The van der Waals surface area contributed by atoms with Crippen LogP contribution in [0.5, 0.6) is 0 Å². The van der Waals surface area contributed by atoms with Crippen molar-refractivity contribution >= 4 is 5.78 Å². The van der Waals surface area contributed by atoms with Gasteiger partial charge < -0.3 is 9.90 Å². The number of hydrogen-bond acceptors (Lipinski definition) is 2. The maximum Gasteiger partial charge on any atom is 0.129 e. The van der Waals surface area contributed by atoms with Gasteiger partial charge in [0.05, 0.1) is 0 Å². The van der Waals surface area contributed by atoms with E-state index in [0.29, 0.717) is 6.42 Å². The second-order valence-electron chi connectivity index (χ2n) is 2.77. The summed E-state index contributed by atoms with van der Waals surface area (Å²) in [6, 6.07) is 0. The van der Waals surface area contributed by atoms with E-state index in [-0.39, 0.29) is 12.4 Å². The molecule has 0 rings (SSSR count). The summed E-state index contributed by atoms with van der Waals surface area (Å²) in [6.45, 7) is 1.57. The van der Waals surface area contributed by atoms with Crippen molar-refractivity contribution in [1.29, 1.82) is 0 Å². The molecule has 0 aromatic rings. The second kappa shape index (κ2) is 8.29. The molecule has 0 radical (unpaired) electrons. The number of aliphatic hydroxyl groups is 1. The molecule has 0 saturated heterocycles. The number of aliphatic hydroxyl groups excluding tert-OH is 1. The minimum atomic E-state index is -0.0482. The fourth-order valence-corrected chi connectivity index (χ4v) is 0.908. The minimum Gasteiger partial charge on any atom is -0.384 e. The van der Waals surface area contributed by atoms with Gasteiger partial charge in [-0.3, -0.25) is 0 Å². The lowest BCUT2D eigenvalue weighted by molar-refractivity contribution is -0.117. The highest BCUT2D eigenvalue weighted by Gasteiger charge is 1.92. The van der Waals surface area contributed by atoms with Crippen LogP contribution in [0.25, 0.3) is 0 Å². The summed E-state index contributed by atoms with van der Waals surface area (Å²) >= 11 is 0. The average molecular weight is 168 g/mol. The van der Waals surface area contributed by atoms with Crippen LogP contribution in [0.3, 0.4) is 0 Å². The molecular formula is C10H16O2. The summed E-state index contributed by atoms with van der Waals surface area (Å²) in [6.07, 6.45) is 4.57. The molecular weight excluding hydrogens is 152 g/mol. The van der Waals surface area contributed by atoms with Gasteiger partial charge in [0.25, 0.3) is 0 Å². The fraction of sp³-hybridized carbons (Fsp3) is 0.700. The summed E-state index contributed by atoms with van der Waals surface area (Å²) < 4.78 is 0. The molecule has 0 aromatic heterocycles. The number of unbranched alkanes of at least 4 members (excludes halogenated alkanes) is 3. The van der Waals surface area contributed by atoms with E-state index in [1.54, 1.807) is 6.92 Å². The lowest BCUT2D eigenvalue weighted by Crippen LogP contribution is -1.88. The van der Waals surface area contributed by atoms with Crippen LogP contribution in [-0.2, 0) is 4.79 Å². The van der Waals surface area contributed by atoms with Crippen LogP contribution in [0.2, 0.25) is 0 Å². The van der Waals surface area contributed by atoms with Crippen LogP contribution < -0.4 is 0 Å². The Kier molecular flexibility index (Phi) is 7.73. The Labute approximate surface area is 74.0 Å². The van der Waals surface area contributed by atoms with Crippen molar-refractivity contribution in [3.05, 3.63) is 0 Å². The Morgan fingerprint density at radius 1 is 1.25 bits per heavy atom. The van der Waals surface area contributed by atoms with E-state index in [2.05, 4.69) is 11.8 Å². The molecule has 2 nitrogen and oxygen atoms in total. The summed E-state index contributed by atoms with van der Waals surface area (Å²) in [7, 11) is 0. The summed E-state index contributed by atoms with van der Waals surface area (Å²) in [5.41, 5.74) is 0. The molecule has 0 saturated carbocycles. The smallest absolute Gasteiger partial charge is 0.129 e. The molecule has 0 aliphatic rings. The summed E-state index contributed by atoms with van der Waals surface area (Å²) in [5.74, 6) is 5.69.